The molecule has 0 radical (unpaired) electrons. The largest absolute Gasteiger partial charge is 0.484 e. The summed E-state index contributed by atoms with van der Waals surface area (Å²) in [6, 6.07) is 5.53. The first-order valence-corrected chi connectivity index (χ1v) is 7.50. The van der Waals surface area contributed by atoms with E-state index in [0.29, 0.717) is 18.4 Å². The molecule has 5 nitrogen and oxygen atoms in total. The highest BCUT2D eigenvalue weighted by Crippen LogP contribution is 2.35. The average Bonchev–Trinajstić information content (AvgIpc) is 2.42. The van der Waals surface area contributed by atoms with Crippen LogP contribution in [0.4, 0.5) is 13.2 Å². The number of benzene rings is 1. The van der Waals surface area contributed by atoms with E-state index < -0.39 is 30.6 Å². The zero-order valence-electron chi connectivity index (χ0n) is 13.0. The molecule has 2 N–H and O–H groups in total. The summed E-state index contributed by atoms with van der Waals surface area (Å²) in [7, 11) is 0. The van der Waals surface area contributed by atoms with Crippen molar-refractivity contribution in [3.8, 4) is 5.75 Å². The first-order chi connectivity index (χ1) is 11.2. The number of halogens is 3. The van der Waals surface area contributed by atoms with Crippen molar-refractivity contribution in [2.24, 2.45) is 11.8 Å². The van der Waals surface area contributed by atoms with Crippen LogP contribution in [0.1, 0.15) is 31.4 Å². The summed E-state index contributed by atoms with van der Waals surface area (Å²) in [6.45, 7) is 0.356. The van der Waals surface area contributed by atoms with E-state index in [4.69, 9.17) is 5.11 Å². The Morgan fingerprint density at radius 1 is 1.25 bits per heavy atom. The van der Waals surface area contributed by atoms with Crippen molar-refractivity contribution in [1.29, 1.82) is 0 Å². The third kappa shape index (κ3) is 4.62. The van der Waals surface area contributed by atoms with Crippen LogP contribution in [0.2, 0.25) is 0 Å². The number of carbonyl (C=O) groups is 2. The van der Waals surface area contributed by atoms with Crippen molar-refractivity contribution in [2.75, 3.05) is 6.61 Å². The Morgan fingerprint density at radius 2 is 1.83 bits per heavy atom. The van der Waals surface area contributed by atoms with Crippen molar-refractivity contribution in [3.05, 3.63) is 29.8 Å². The predicted molar refractivity (Wildman–Crippen MR) is 78.4 cm³/mol. The van der Waals surface area contributed by atoms with Gasteiger partial charge < -0.3 is 15.2 Å². The molecule has 1 aromatic carbocycles. The molecule has 24 heavy (non-hydrogen) atoms. The summed E-state index contributed by atoms with van der Waals surface area (Å²) in [5.41, 5.74) is 0.689. The predicted octanol–water partition coefficient (Wildman–Crippen LogP) is 2.92. The molecule has 0 aliphatic heterocycles. The molecular formula is C16H18F3NO4. The van der Waals surface area contributed by atoms with Gasteiger partial charge in [0.25, 0.3) is 0 Å². The molecule has 1 aromatic rings. The molecule has 0 heterocycles. The van der Waals surface area contributed by atoms with Crippen molar-refractivity contribution in [1.82, 2.24) is 5.32 Å². The normalized spacial score (nSPS) is 21.5. The molecule has 0 saturated heterocycles. The minimum atomic E-state index is -4.40. The maximum Gasteiger partial charge on any atom is 0.422 e. The minimum absolute atomic E-state index is 0.0829. The van der Waals surface area contributed by atoms with Gasteiger partial charge in [-0.1, -0.05) is 12.1 Å². The fourth-order valence-corrected chi connectivity index (χ4v) is 2.53. The number of carboxylic acid groups (broad SMARTS) is 1. The Balaban J connectivity index is 1.89. The highest BCUT2D eigenvalue weighted by molar-refractivity contribution is 5.86. The fourth-order valence-electron chi connectivity index (χ4n) is 2.53. The van der Waals surface area contributed by atoms with Gasteiger partial charge >= 0.3 is 12.1 Å². The van der Waals surface area contributed by atoms with Crippen LogP contribution in [0.15, 0.2) is 24.3 Å². The molecule has 1 amide bonds. The molecule has 3 atom stereocenters. The lowest BCUT2D eigenvalue weighted by molar-refractivity contribution is -0.153. The number of amides is 1. The number of carbonyl (C=O) groups excluding carboxylic acids is 1. The summed E-state index contributed by atoms with van der Waals surface area (Å²) in [6.07, 6.45) is -3.36. The van der Waals surface area contributed by atoms with Crippen molar-refractivity contribution < 1.29 is 32.6 Å². The van der Waals surface area contributed by atoms with Gasteiger partial charge in [-0.3, -0.25) is 9.59 Å². The molecule has 1 aliphatic rings. The monoisotopic (exact) mass is 345 g/mol. The topological polar surface area (TPSA) is 75.6 Å². The lowest BCUT2D eigenvalue weighted by Gasteiger charge is -2.33. The summed E-state index contributed by atoms with van der Waals surface area (Å²) >= 11 is 0. The Bertz CT molecular complexity index is 600. The molecule has 132 valence electrons. The van der Waals surface area contributed by atoms with Gasteiger partial charge in [-0.15, -0.1) is 0 Å². The molecule has 3 unspecified atom stereocenters. The number of ether oxygens (including phenoxy) is 1. The maximum absolute atomic E-state index is 12.1. The van der Waals surface area contributed by atoms with Crippen LogP contribution in [0.25, 0.3) is 0 Å². The molecular weight excluding hydrogens is 327 g/mol. The molecule has 0 spiro atoms. The SMILES string of the molecule is CC(NC(=O)C1CCC1C(=O)O)c1ccc(OCC(F)(F)F)cc1. The van der Waals surface area contributed by atoms with Gasteiger partial charge in [0.05, 0.1) is 17.9 Å². The van der Waals surface area contributed by atoms with Gasteiger partial charge in [-0.05, 0) is 37.5 Å². The van der Waals surface area contributed by atoms with Gasteiger partial charge in [-0.2, -0.15) is 13.2 Å². The Morgan fingerprint density at radius 3 is 2.29 bits per heavy atom. The van der Waals surface area contributed by atoms with Crippen LogP contribution >= 0.6 is 0 Å². The van der Waals surface area contributed by atoms with Crippen molar-refractivity contribution >= 4 is 11.9 Å². The summed E-state index contributed by atoms with van der Waals surface area (Å²) in [5.74, 6) is -2.38. The van der Waals surface area contributed by atoms with Crippen molar-refractivity contribution in [3.63, 3.8) is 0 Å². The molecule has 1 fully saturated rings. The van der Waals surface area contributed by atoms with E-state index in [1.807, 2.05) is 0 Å². The van der Waals surface area contributed by atoms with E-state index in [-0.39, 0.29) is 17.7 Å². The quantitative estimate of drug-likeness (QED) is 0.831. The number of rotatable bonds is 6. The fraction of sp³-hybridized carbons (Fsp3) is 0.500. The Kier molecular flexibility index (Phi) is 5.36. The number of aliphatic carboxylic acids is 1. The Hall–Kier alpha value is -2.25. The van der Waals surface area contributed by atoms with Crippen LogP contribution in [0.5, 0.6) is 5.75 Å². The summed E-state index contributed by atoms with van der Waals surface area (Å²) < 4.78 is 40.9. The zero-order chi connectivity index (χ0) is 17.9. The molecule has 1 aliphatic carbocycles. The molecule has 1 saturated carbocycles. The smallest absolute Gasteiger partial charge is 0.422 e. The van der Waals surface area contributed by atoms with E-state index in [0.717, 1.165) is 0 Å². The maximum atomic E-state index is 12.1. The van der Waals surface area contributed by atoms with E-state index >= 15 is 0 Å². The molecule has 2 rings (SSSR count). The van der Waals surface area contributed by atoms with Crippen LogP contribution in [0, 0.1) is 11.8 Å². The van der Waals surface area contributed by atoms with Crippen LogP contribution < -0.4 is 10.1 Å². The standard InChI is InChI=1S/C16H18F3NO4/c1-9(20-14(21)12-6-7-13(12)15(22)23)10-2-4-11(5-3-10)24-8-16(17,18)19/h2-5,9,12-13H,6-8H2,1H3,(H,20,21)(H,22,23). The zero-order valence-corrected chi connectivity index (χ0v) is 13.0. The average molecular weight is 345 g/mol. The first kappa shape index (κ1) is 18.1. The van der Waals surface area contributed by atoms with Gasteiger partial charge in [0, 0.05) is 0 Å². The highest BCUT2D eigenvalue weighted by Gasteiger charge is 2.41. The van der Waals surface area contributed by atoms with Crippen LogP contribution in [-0.4, -0.2) is 29.8 Å². The third-order valence-corrected chi connectivity index (χ3v) is 4.07. The lowest BCUT2D eigenvalue weighted by atomic mass is 9.73. The second kappa shape index (κ2) is 7.11. The highest BCUT2D eigenvalue weighted by atomic mass is 19.4. The lowest BCUT2D eigenvalue weighted by Crippen LogP contribution is -2.44. The minimum Gasteiger partial charge on any atom is -0.484 e. The number of hydrogen-bond acceptors (Lipinski definition) is 3. The number of hydrogen-bond donors (Lipinski definition) is 2. The Labute approximate surface area is 136 Å². The molecule has 0 bridgehead atoms. The van der Waals surface area contributed by atoms with E-state index in [1.54, 1.807) is 19.1 Å². The first-order valence-electron chi connectivity index (χ1n) is 7.50. The number of carboxylic acids is 1. The van der Waals surface area contributed by atoms with Gasteiger partial charge in [0.2, 0.25) is 5.91 Å². The van der Waals surface area contributed by atoms with Crippen LogP contribution in [0.3, 0.4) is 0 Å². The van der Waals surface area contributed by atoms with Gasteiger partial charge in [0.1, 0.15) is 5.75 Å². The second-order valence-corrected chi connectivity index (χ2v) is 5.83. The molecule has 0 aromatic heterocycles. The van der Waals surface area contributed by atoms with Crippen molar-refractivity contribution in [2.45, 2.75) is 32.0 Å². The van der Waals surface area contributed by atoms with Gasteiger partial charge in [0.15, 0.2) is 6.61 Å². The number of nitrogens with one attached hydrogen (secondary N) is 1. The number of alkyl halides is 3. The summed E-state index contributed by atoms with van der Waals surface area (Å²) in [5, 5.41) is 11.7. The third-order valence-electron chi connectivity index (χ3n) is 4.07. The van der Waals surface area contributed by atoms with E-state index in [1.165, 1.54) is 12.1 Å². The van der Waals surface area contributed by atoms with E-state index in [2.05, 4.69) is 10.1 Å². The summed E-state index contributed by atoms with van der Waals surface area (Å²) in [4.78, 5) is 23.0. The molecule has 8 heteroatoms. The van der Waals surface area contributed by atoms with Crippen LogP contribution in [-0.2, 0) is 9.59 Å². The van der Waals surface area contributed by atoms with Gasteiger partial charge in [-0.25, -0.2) is 0 Å². The second-order valence-electron chi connectivity index (χ2n) is 5.83. The van der Waals surface area contributed by atoms with E-state index in [9.17, 15) is 22.8 Å².